The fraction of sp³-hybridized carbons (Fsp3) is 0. The Morgan fingerprint density at radius 3 is 2.19 bits per heavy atom. The predicted octanol–water partition coefficient (Wildman–Crippen LogP) is 10.8. The van der Waals surface area contributed by atoms with Crippen molar-refractivity contribution in [3.05, 3.63) is 186 Å². The summed E-state index contributed by atoms with van der Waals surface area (Å²) in [7, 11) is 0. The van der Waals surface area contributed by atoms with E-state index in [4.69, 9.17) is 15.1 Å². The van der Waals surface area contributed by atoms with Gasteiger partial charge in [0, 0.05) is 49.0 Å². The van der Waals surface area contributed by atoms with Gasteiger partial charge in [0.15, 0.2) is 5.58 Å². The lowest BCUT2D eigenvalue weighted by Gasteiger charge is -2.09. The normalized spacial score (nSPS) is 12.5. The first-order valence-electron chi connectivity index (χ1n) is 17.8. The van der Waals surface area contributed by atoms with Gasteiger partial charge in [-0.1, -0.05) is 134 Å². The number of para-hydroxylation sites is 2. The molecule has 2 N–H and O–H groups in total. The molecule has 3 heterocycles. The highest BCUT2D eigenvalue weighted by Gasteiger charge is 2.18. The van der Waals surface area contributed by atoms with Crippen LogP contribution in [0.3, 0.4) is 0 Å². The van der Waals surface area contributed by atoms with Gasteiger partial charge in [-0.25, -0.2) is 4.98 Å². The van der Waals surface area contributed by atoms with E-state index in [9.17, 15) is 0 Å². The summed E-state index contributed by atoms with van der Waals surface area (Å²) in [6.07, 6.45) is 3.95. The van der Waals surface area contributed by atoms with Gasteiger partial charge in [0.1, 0.15) is 5.58 Å². The molecule has 250 valence electrons. The summed E-state index contributed by atoms with van der Waals surface area (Å²) in [5.41, 5.74) is 18.4. The molecule has 10 rings (SSSR count). The third-order valence-electron chi connectivity index (χ3n) is 10.3. The topological polar surface area (TPSA) is 57.0 Å². The molecule has 0 saturated carbocycles. The van der Waals surface area contributed by atoms with Gasteiger partial charge in [-0.3, -0.25) is 0 Å². The van der Waals surface area contributed by atoms with E-state index in [2.05, 4.69) is 151 Å². The van der Waals surface area contributed by atoms with Crippen molar-refractivity contribution in [1.82, 2.24) is 9.55 Å². The van der Waals surface area contributed by atoms with Crippen LogP contribution < -0.4 is 16.2 Å². The average Bonchev–Trinajstić information content (AvgIpc) is 3.76. The minimum Gasteiger partial charge on any atom is -0.454 e. The summed E-state index contributed by atoms with van der Waals surface area (Å²) in [6.45, 7) is 4.40. The summed E-state index contributed by atoms with van der Waals surface area (Å²) in [5.74, 6) is 0. The van der Waals surface area contributed by atoms with Gasteiger partial charge >= 0.3 is 0 Å². The second-order valence-electron chi connectivity index (χ2n) is 13.5. The molecule has 0 saturated heterocycles. The average molecular weight is 680 g/mol. The minimum absolute atomic E-state index is 0.634. The number of aromatic nitrogens is 2. The molecule has 0 aliphatic heterocycles. The summed E-state index contributed by atoms with van der Waals surface area (Å²) in [4.78, 5) is 4.97. The maximum atomic E-state index is 6.73. The van der Waals surface area contributed by atoms with Crippen LogP contribution >= 0.6 is 0 Å². The highest BCUT2D eigenvalue weighted by atomic mass is 16.3. The number of rotatable bonds is 5. The number of fused-ring (bicyclic) bond motifs is 7. The molecule has 4 heteroatoms. The Morgan fingerprint density at radius 1 is 0.604 bits per heavy atom. The molecule has 10 aromatic rings. The lowest BCUT2D eigenvalue weighted by Crippen LogP contribution is -2.24. The van der Waals surface area contributed by atoms with E-state index in [0.717, 1.165) is 76.8 Å². The van der Waals surface area contributed by atoms with Crippen molar-refractivity contribution >= 4 is 73.0 Å². The van der Waals surface area contributed by atoms with Gasteiger partial charge in [0.2, 0.25) is 0 Å². The van der Waals surface area contributed by atoms with E-state index < -0.39 is 0 Å². The van der Waals surface area contributed by atoms with Crippen LogP contribution in [0.4, 0.5) is 0 Å². The van der Waals surface area contributed by atoms with Gasteiger partial charge in [-0.2, -0.15) is 0 Å². The van der Waals surface area contributed by atoms with Crippen molar-refractivity contribution in [1.29, 1.82) is 0 Å². The molecule has 0 atom stereocenters. The Bertz CT molecular complexity index is 3190. The Morgan fingerprint density at radius 2 is 1.34 bits per heavy atom. The van der Waals surface area contributed by atoms with Gasteiger partial charge in [0.25, 0.3) is 0 Å². The zero-order valence-corrected chi connectivity index (χ0v) is 28.8. The number of benzene rings is 7. The molecule has 0 amide bonds. The predicted molar refractivity (Wildman–Crippen MR) is 222 cm³/mol. The van der Waals surface area contributed by atoms with Crippen molar-refractivity contribution in [2.24, 2.45) is 5.73 Å². The van der Waals surface area contributed by atoms with Crippen LogP contribution in [-0.4, -0.2) is 9.55 Å². The third kappa shape index (κ3) is 5.11. The van der Waals surface area contributed by atoms with E-state index in [1.807, 2.05) is 36.4 Å². The highest BCUT2D eigenvalue weighted by Crippen LogP contribution is 2.39. The van der Waals surface area contributed by atoms with Crippen LogP contribution in [0.2, 0.25) is 0 Å². The van der Waals surface area contributed by atoms with Gasteiger partial charge in [0.05, 0.1) is 27.9 Å². The maximum Gasteiger partial charge on any atom is 0.159 e. The van der Waals surface area contributed by atoms with E-state index in [-0.39, 0.29) is 0 Å². The van der Waals surface area contributed by atoms with E-state index >= 15 is 0 Å². The lowest BCUT2D eigenvalue weighted by molar-refractivity contribution is 0.666. The van der Waals surface area contributed by atoms with Crippen molar-refractivity contribution in [3.63, 3.8) is 0 Å². The first-order valence-corrected chi connectivity index (χ1v) is 17.8. The third-order valence-corrected chi connectivity index (χ3v) is 10.3. The standard InChI is InChI=1S/C49H33N3O/c1-31-32(19-20-35-23-27-43(51-48(31)35)34-13-6-3-7-14-34)22-26-42(50)37-21-25-39-40-16-10-18-46(49(40)53-47(39)30-37)52-44-17-9-8-15-38(44)41-29-36(24-28-45(41)52)33-11-4-2-5-12-33/h2-30H,1,50H2/b32-22-,42-26-. The second-order valence-corrected chi connectivity index (χ2v) is 13.5. The number of hydrogen-bond donors (Lipinski definition) is 1. The number of pyridine rings is 1. The summed E-state index contributed by atoms with van der Waals surface area (Å²) >= 11 is 0. The smallest absolute Gasteiger partial charge is 0.159 e. The van der Waals surface area contributed by atoms with Crippen LogP contribution in [0.15, 0.2) is 174 Å². The highest BCUT2D eigenvalue weighted by molar-refractivity contribution is 6.13. The van der Waals surface area contributed by atoms with E-state index in [1.54, 1.807) is 0 Å². The fourth-order valence-electron chi connectivity index (χ4n) is 7.65. The van der Waals surface area contributed by atoms with Crippen LogP contribution in [0.1, 0.15) is 5.56 Å². The molecule has 0 radical (unpaired) electrons. The summed E-state index contributed by atoms with van der Waals surface area (Å²) < 4.78 is 9.06. The Hall–Kier alpha value is -7.17. The van der Waals surface area contributed by atoms with Gasteiger partial charge < -0.3 is 14.7 Å². The molecule has 3 aromatic heterocycles. The molecule has 0 unspecified atom stereocenters. The van der Waals surface area contributed by atoms with Gasteiger partial charge in [-0.15, -0.1) is 0 Å². The SMILES string of the molecule is C=c1/c(=C\C=C(/N)c2ccc3c(c2)oc2c(-n4c5ccccc5c5cc(-c6ccccc6)ccc54)cccc23)ccc2ccc(-c3ccccc3)nc12. The molecule has 53 heavy (non-hydrogen) atoms. The minimum atomic E-state index is 0.634. The Kier molecular flexibility index (Phi) is 7.08. The molecule has 0 aliphatic rings. The number of nitrogens with two attached hydrogens (primary N) is 1. The van der Waals surface area contributed by atoms with E-state index in [1.165, 1.54) is 21.9 Å². The van der Waals surface area contributed by atoms with Crippen LogP contribution in [0, 0.1) is 0 Å². The second kappa shape index (κ2) is 12.3. The summed E-state index contributed by atoms with van der Waals surface area (Å²) in [6, 6.07) is 57.0. The lowest BCUT2D eigenvalue weighted by atomic mass is 10.0. The number of allylic oxidation sites excluding steroid dienone is 1. The monoisotopic (exact) mass is 679 g/mol. The van der Waals surface area contributed by atoms with Crippen LogP contribution in [-0.2, 0) is 0 Å². The quantitative estimate of drug-likeness (QED) is 0.197. The van der Waals surface area contributed by atoms with Crippen LogP contribution in [0.25, 0.3) is 101 Å². The fourth-order valence-corrected chi connectivity index (χ4v) is 7.65. The molecule has 7 aromatic carbocycles. The van der Waals surface area contributed by atoms with Crippen molar-refractivity contribution in [3.8, 4) is 28.1 Å². The molecular formula is C49H33N3O. The van der Waals surface area contributed by atoms with Crippen molar-refractivity contribution < 1.29 is 4.42 Å². The summed E-state index contributed by atoms with van der Waals surface area (Å²) in [5, 5.41) is 7.40. The Balaban J connectivity index is 1.06. The molecule has 0 spiro atoms. The van der Waals surface area contributed by atoms with Gasteiger partial charge in [-0.05, 0) is 64.9 Å². The number of nitrogens with zero attached hydrogens (tertiary/aromatic N) is 2. The number of hydrogen-bond acceptors (Lipinski definition) is 3. The zero-order valence-electron chi connectivity index (χ0n) is 28.8. The molecule has 0 fully saturated rings. The van der Waals surface area contributed by atoms with Crippen molar-refractivity contribution in [2.75, 3.05) is 0 Å². The molecule has 0 aliphatic carbocycles. The Labute approximate surface area is 305 Å². The maximum absolute atomic E-state index is 6.73. The zero-order chi connectivity index (χ0) is 35.5. The molecular weight excluding hydrogens is 647 g/mol. The largest absolute Gasteiger partial charge is 0.454 e. The van der Waals surface area contributed by atoms with Crippen molar-refractivity contribution in [2.45, 2.75) is 0 Å². The van der Waals surface area contributed by atoms with Crippen LogP contribution in [0.5, 0.6) is 0 Å². The number of furan rings is 1. The molecule has 0 bridgehead atoms. The first kappa shape index (κ1) is 30.6. The molecule has 4 nitrogen and oxygen atoms in total. The van der Waals surface area contributed by atoms with E-state index in [0.29, 0.717) is 5.70 Å². The first-order chi connectivity index (χ1) is 26.1.